The molecule has 2 bridgehead atoms. The molecule has 6 rings (SSSR count). The van der Waals surface area contributed by atoms with Gasteiger partial charge in [-0.2, -0.15) is 0 Å². The minimum Gasteiger partial charge on any atom is -0.493 e. The number of aryl methyl sites for hydroxylation is 1. The van der Waals surface area contributed by atoms with E-state index < -0.39 is 0 Å². The van der Waals surface area contributed by atoms with Gasteiger partial charge in [-0.15, -0.1) is 0 Å². The predicted octanol–water partition coefficient (Wildman–Crippen LogP) is 3.58. The SMILES string of the molecule is Cc1ccc(OCCC(=O)N2C[C@@H]3CC[C@H]2[C@@H](C(=O)NCc2nc4ccccc4[nH]2)C3)cc1. The van der Waals surface area contributed by atoms with E-state index in [0.29, 0.717) is 25.5 Å². The lowest BCUT2D eigenvalue weighted by atomic mass is 9.72. The maximum atomic E-state index is 13.1. The van der Waals surface area contributed by atoms with Gasteiger partial charge in [-0.1, -0.05) is 29.8 Å². The Bertz CT molecular complexity index is 1110. The number of imidazole rings is 1. The first kappa shape index (κ1) is 21.5. The summed E-state index contributed by atoms with van der Waals surface area (Å²) in [7, 11) is 0. The molecule has 2 aromatic carbocycles. The molecule has 2 saturated heterocycles. The van der Waals surface area contributed by atoms with Crippen LogP contribution in [0.25, 0.3) is 11.0 Å². The van der Waals surface area contributed by atoms with Crippen LogP contribution in [0.5, 0.6) is 5.75 Å². The Morgan fingerprint density at radius 1 is 1.15 bits per heavy atom. The molecule has 3 aliphatic rings. The van der Waals surface area contributed by atoms with Crippen molar-refractivity contribution in [3.05, 3.63) is 59.9 Å². The van der Waals surface area contributed by atoms with Crippen molar-refractivity contribution >= 4 is 22.8 Å². The maximum Gasteiger partial charge on any atom is 0.226 e. The normalized spacial score (nSPS) is 21.8. The molecule has 0 radical (unpaired) electrons. The standard InChI is InChI=1S/C26H30N4O3/c1-17-6-9-19(10-7-17)33-13-12-25(31)30-16-18-8-11-23(30)20(14-18)26(32)27-15-24-28-21-4-2-3-5-22(21)29-24/h2-7,9-10,18,20,23H,8,11-16H2,1H3,(H,27,32)(H,28,29)/t18-,20+,23+/m1/s1. The van der Waals surface area contributed by atoms with Crippen LogP contribution in [0.2, 0.25) is 0 Å². The van der Waals surface area contributed by atoms with Gasteiger partial charge in [0.25, 0.3) is 0 Å². The largest absolute Gasteiger partial charge is 0.493 e. The number of ether oxygens (including phenoxy) is 1. The molecule has 2 N–H and O–H groups in total. The molecule has 0 unspecified atom stereocenters. The van der Waals surface area contributed by atoms with E-state index in [0.717, 1.165) is 48.4 Å². The number of piperidine rings is 2. The summed E-state index contributed by atoms with van der Waals surface area (Å²) in [6.07, 6.45) is 3.14. The number of hydrogen-bond acceptors (Lipinski definition) is 4. The molecular formula is C26H30N4O3. The van der Waals surface area contributed by atoms with Gasteiger partial charge in [0.2, 0.25) is 11.8 Å². The first-order chi connectivity index (χ1) is 16.1. The van der Waals surface area contributed by atoms with Crippen molar-refractivity contribution in [2.75, 3.05) is 13.2 Å². The third kappa shape index (κ3) is 4.72. The van der Waals surface area contributed by atoms with Crippen LogP contribution in [-0.2, 0) is 16.1 Å². The zero-order valence-corrected chi connectivity index (χ0v) is 18.9. The first-order valence-corrected chi connectivity index (χ1v) is 11.8. The molecule has 3 aromatic rings. The molecule has 7 nitrogen and oxygen atoms in total. The van der Waals surface area contributed by atoms with Crippen LogP contribution < -0.4 is 10.1 Å². The second-order valence-corrected chi connectivity index (χ2v) is 9.23. The lowest BCUT2D eigenvalue weighted by Gasteiger charge is -2.49. The number of nitrogens with zero attached hydrogens (tertiary/aromatic N) is 2. The van der Waals surface area contributed by atoms with Crippen molar-refractivity contribution in [1.82, 2.24) is 20.2 Å². The molecule has 172 valence electrons. The number of nitrogens with one attached hydrogen (secondary N) is 2. The number of carbonyl (C=O) groups excluding carboxylic acids is 2. The molecule has 1 aliphatic carbocycles. The predicted molar refractivity (Wildman–Crippen MR) is 126 cm³/mol. The van der Waals surface area contributed by atoms with E-state index in [1.54, 1.807) is 0 Å². The van der Waals surface area contributed by atoms with Crippen LogP contribution in [0, 0.1) is 18.8 Å². The number of benzene rings is 2. The van der Waals surface area contributed by atoms with Crippen molar-refractivity contribution in [3.8, 4) is 5.75 Å². The van der Waals surface area contributed by atoms with Crippen LogP contribution >= 0.6 is 0 Å². The first-order valence-electron chi connectivity index (χ1n) is 11.8. The quantitative estimate of drug-likeness (QED) is 0.581. The van der Waals surface area contributed by atoms with E-state index >= 15 is 0 Å². The molecule has 3 fully saturated rings. The summed E-state index contributed by atoms with van der Waals surface area (Å²) in [5.74, 6) is 1.83. The average Bonchev–Trinajstić information content (AvgIpc) is 3.27. The Morgan fingerprint density at radius 3 is 2.76 bits per heavy atom. The van der Waals surface area contributed by atoms with E-state index in [1.807, 2.05) is 60.4 Å². The van der Waals surface area contributed by atoms with E-state index in [4.69, 9.17) is 4.74 Å². The Morgan fingerprint density at radius 2 is 1.97 bits per heavy atom. The van der Waals surface area contributed by atoms with E-state index in [2.05, 4.69) is 15.3 Å². The molecule has 1 aromatic heterocycles. The van der Waals surface area contributed by atoms with Gasteiger partial charge in [-0.3, -0.25) is 9.59 Å². The summed E-state index contributed by atoms with van der Waals surface area (Å²) in [4.78, 5) is 35.8. The Labute approximate surface area is 193 Å². The van der Waals surface area contributed by atoms with Crippen molar-refractivity contribution in [2.24, 2.45) is 11.8 Å². The minimum absolute atomic E-state index is 0.0126. The average molecular weight is 447 g/mol. The molecule has 7 heteroatoms. The highest BCUT2D eigenvalue weighted by molar-refractivity contribution is 5.82. The number of fused-ring (bicyclic) bond motifs is 4. The van der Waals surface area contributed by atoms with Crippen LogP contribution in [0.3, 0.4) is 0 Å². The molecule has 3 atom stereocenters. The summed E-state index contributed by atoms with van der Waals surface area (Å²) in [5, 5.41) is 3.05. The molecular weight excluding hydrogens is 416 g/mol. The Balaban J connectivity index is 1.16. The second-order valence-electron chi connectivity index (χ2n) is 9.23. The summed E-state index contributed by atoms with van der Waals surface area (Å²) in [6.45, 7) is 3.49. The molecule has 2 aliphatic heterocycles. The molecule has 1 saturated carbocycles. The second kappa shape index (κ2) is 9.25. The number of amides is 2. The lowest BCUT2D eigenvalue weighted by Crippen LogP contribution is -2.58. The molecule has 2 amide bonds. The number of H-pyrrole nitrogens is 1. The fraction of sp³-hybridized carbons (Fsp3) is 0.423. The van der Waals surface area contributed by atoms with Gasteiger partial charge in [-0.25, -0.2) is 4.98 Å². The number of carbonyl (C=O) groups is 2. The Kier molecular flexibility index (Phi) is 6.03. The van der Waals surface area contributed by atoms with Crippen LogP contribution in [-0.4, -0.2) is 45.9 Å². The van der Waals surface area contributed by atoms with Gasteiger partial charge in [0, 0.05) is 12.6 Å². The third-order valence-corrected chi connectivity index (χ3v) is 6.91. The lowest BCUT2D eigenvalue weighted by molar-refractivity contribution is -0.147. The number of aromatic amines is 1. The summed E-state index contributed by atoms with van der Waals surface area (Å²) in [5.41, 5.74) is 3.03. The Hall–Kier alpha value is -3.35. The van der Waals surface area contributed by atoms with Gasteiger partial charge >= 0.3 is 0 Å². The van der Waals surface area contributed by atoms with Crippen molar-refractivity contribution in [3.63, 3.8) is 0 Å². The van der Waals surface area contributed by atoms with Gasteiger partial charge in [0.1, 0.15) is 11.6 Å². The smallest absolute Gasteiger partial charge is 0.226 e. The van der Waals surface area contributed by atoms with Gasteiger partial charge in [0.15, 0.2) is 0 Å². The fourth-order valence-electron chi connectivity index (χ4n) is 5.19. The minimum atomic E-state index is -0.163. The van der Waals surface area contributed by atoms with E-state index in [9.17, 15) is 9.59 Å². The molecule has 33 heavy (non-hydrogen) atoms. The highest BCUT2D eigenvalue weighted by atomic mass is 16.5. The molecule has 3 heterocycles. The van der Waals surface area contributed by atoms with E-state index in [1.165, 1.54) is 5.56 Å². The zero-order chi connectivity index (χ0) is 22.8. The van der Waals surface area contributed by atoms with Crippen molar-refractivity contribution in [2.45, 2.75) is 45.2 Å². The summed E-state index contributed by atoms with van der Waals surface area (Å²) >= 11 is 0. The van der Waals surface area contributed by atoms with Crippen LogP contribution in [0.4, 0.5) is 0 Å². The maximum absolute atomic E-state index is 13.1. The van der Waals surface area contributed by atoms with Crippen LogP contribution in [0.15, 0.2) is 48.5 Å². The summed E-state index contributed by atoms with van der Waals surface area (Å²) in [6, 6.07) is 15.6. The number of para-hydroxylation sites is 2. The summed E-state index contributed by atoms with van der Waals surface area (Å²) < 4.78 is 5.75. The van der Waals surface area contributed by atoms with Crippen molar-refractivity contribution < 1.29 is 14.3 Å². The zero-order valence-electron chi connectivity index (χ0n) is 18.9. The van der Waals surface area contributed by atoms with Gasteiger partial charge in [0.05, 0.1) is 36.5 Å². The monoisotopic (exact) mass is 446 g/mol. The van der Waals surface area contributed by atoms with Gasteiger partial charge < -0.3 is 19.9 Å². The highest BCUT2D eigenvalue weighted by Gasteiger charge is 2.45. The number of rotatable bonds is 7. The topological polar surface area (TPSA) is 87.3 Å². The van der Waals surface area contributed by atoms with Crippen LogP contribution in [0.1, 0.15) is 37.1 Å². The molecule has 0 spiro atoms. The number of aromatic nitrogens is 2. The van der Waals surface area contributed by atoms with Crippen molar-refractivity contribution in [1.29, 1.82) is 0 Å². The highest BCUT2D eigenvalue weighted by Crippen LogP contribution is 2.39. The third-order valence-electron chi connectivity index (χ3n) is 6.91. The van der Waals surface area contributed by atoms with E-state index in [-0.39, 0.29) is 23.8 Å². The van der Waals surface area contributed by atoms with Gasteiger partial charge in [-0.05, 0) is 56.4 Å². The fourth-order valence-corrected chi connectivity index (χ4v) is 5.19. The number of hydrogen-bond donors (Lipinski definition) is 2.